The number of nitrogens with zero attached hydrogens (tertiary/aromatic N) is 1. The molecule has 0 heterocycles. The molecule has 2 rings (SSSR count). The molecule has 2 amide bonds. The maximum absolute atomic E-state index is 12.3. The predicted octanol–water partition coefficient (Wildman–Crippen LogP) is 2.05. The summed E-state index contributed by atoms with van der Waals surface area (Å²) in [6, 6.07) is 15.7. The summed E-state index contributed by atoms with van der Waals surface area (Å²) in [5.41, 5.74) is 1.80. The maximum Gasteiger partial charge on any atom is 0.239 e. The third kappa shape index (κ3) is 6.30. The highest BCUT2D eigenvalue weighted by Crippen LogP contribution is 2.15. The number of carbonyl (C=O) groups excluding carboxylic acids is 2. The minimum atomic E-state index is -3.56. The van der Waals surface area contributed by atoms with Crippen molar-refractivity contribution in [2.24, 2.45) is 0 Å². The summed E-state index contributed by atoms with van der Waals surface area (Å²) in [7, 11) is -3.56. The van der Waals surface area contributed by atoms with Gasteiger partial charge in [0.2, 0.25) is 21.8 Å². The molecule has 2 aromatic rings. The van der Waals surface area contributed by atoms with Gasteiger partial charge in [-0.2, -0.15) is 4.31 Å². The van der Waals surface area contributed by atoms with Crippen molar-refractivity contribution in [3.8, 4) is 0 Å². The summed E-state index contributed by atoms with van der Waals surface area (Å²) in [4.78, 5) is 23.4. The molecule has 0 spiro atoms. The summed E-state index contributed by atoms with van der Waals surface area (Å²) < 4.78 is 25.1. The molecule has 138 valence electrons. The Balaban J connectivity index is 2.06. The molecule has 0 radical (unpaired) electrons. The molecule has 8 heteroatoms. The van der Waals surface area contributed by atoms with Gasteiger partial charge in [-0.1, -0.05) is 36.4 Å². The zero-order valence-electron chi connectivity index (χ0n) is 14.6. The lowest BCUT2D eigenvalue weighted by Crippen LogP contribution is -2.36. The molecule has 7 nitrogen and oxygen atoms in total. The van der Waals surface area contributed by atoms with Crippen molar-refractivity contribution < 1.29 is 18.0 Å². The van der Waals surface area contributed by atoms with Gasteiger partial charge in [0, 0.05) is 24.8 Å². The zero-order valence-corrected chi connectivity index (χ0v) is 15.4. The summed E-state index contributed by atoms with van der Waals surface area (Å²) in [6.07, 6.45) is 1.07. The fraction of sp³-hybridized carbons (Fsp3) is 0.222. The van der Waals surface area contributed by atoms with Crippen LogP contribution >= 0.6 is 0 Å². The average molecular weight is 375 g/mol. The largest absolute Gasteiger partial charge is 0.326 e. The maximum atomic E-state index is 12.3. The van der Waals surface area contributed by atoms with Crippen LogP contribution in [-0.2, 0) is 26.2 Å². The van der Waals surface area contributed by atoms with Crippen LogP contribution in [0, 0.1) is 0 Å². The molecule has 0 aliphatic rings. The second-order valence-corrected chi connectivity index (χ2v) is 7.81. The molecule has 26 heavy (non-hydrogen) atoms. The number of sulfonamides is 1. The topological polar surface area (TPSA) is 95.6 Å². The van der Waals surface area contributed by atoms with Gasteiger partial charge >= 0.3 is 0 Å². The van der Waals surface area contributed by atoms with E-state index in [-0.39, 0.29) is 19.0 Å². The van der Waals surface area contributed by atoms with Crippen molar-refractivity contribution in [3.63, 3.8) is 0 Å². The van der Waals surface area contributed by atoms with Crippen LogP contribution < -0.4 is 10.6 Å². The zero-order chi connectivity index (χ0) is 19.2. The normalized spacial score (nSPS) is 11.2. The van der Waals surface area contributed by atoms with E-state index < -0.39 is 15.9 Å². The lowest BCUT2D eigenvalue weighted by molar-refractivity contribution is -0.116. The van der Waals surface area contributed by atoms with Crippen molar-refractivity contribution in [1.29, 1.82) is 0 Å². The molecule has 0 aromatic heterocycles. The standard InChI is InChI=1S/C18H21N3O4S/c1-14(22)19-16-9-6-10-17(11-16)20-18(23)13-21(26(2,24)25)12-15-7-4-3-5-8-15/h3-11H,12-13H2,1-2H3,(H,19,22)(H,20,23). The minimum Gasteiger partial charge on any atom is -0.326 e. The second-order valence-electron chi connectivity index (χ2n) is 5.83. The first-order valence-electron chi connectivity index (χ1n) is 7.90. The number of hydrogen-bond donors (Lipinski definition) is 2. The Hall–Kier alpha value is -2.71. The van der Waals surface area contributed by atoms with E-state index in [1.165, 1.54) is 6.92 Å². The summed E-state index contributed by atoms with van der Waals surface area (Å²) in [6.45, 7) is 1.19. The molecular formula is C18H21N3O4S. The molecule has 0 fully saturated rings. The number of rotatable bonds is 7. The number of carbonyl (C=O) groups is 2. The van der Waals surface area contributed by atoms with Crippen LogP contribution in [0.5, 0.6) is 0 Å². The van der Waals surface area contributed by atoms with E-state index >= 15 is 0 Å². The molecule has 0 saturated carbocycles. The lowest BCUT2D eigenvalue weighted by atomic mass is 10.2. The Morgan fingerprint density at radius 1 is 0.962 bits per heavy atom. The molecule has 0 aliphatic heterocycles. The monoisotopic (exact) mass is 375 g/mol. The fourth-order valence-corrected chi connectivity index (χ4v) is 3.05. The van der Waals surface area contributed by atoms with E-state index in [0.717, 1.165) is 16.1 Å². The number of amides is 2. The highest BCUT2D eigenvalue weighted by molar-refractivity contribution is 7.88. The molecule has 0 unspecified atom stereocenters. The Bertz CT molecular complexity index is 882. The van der Waals surface area contributed by atoms with Gasteiger partial charge in [-0.3, -0.25) is 9.59 Å². The SMILES string of the molecule is CC(=O)Nc1cccc(NC(=O)CN(Cc2ccccc2)S(C)(=O)=O)c1. The lowest BCUT2D eigenvalue weighted by Gasteiger charge is -2.19. The third-order valence-corrected chi connectivity index (χ3v) is 4.65. The first-order chi connectivity index (χ1) is 12.2. The van der Waals surface area contributed by atoms with Crippen molar-refractivity contribution in [2.45, 2.75) is 13.5 Å². The van der Waals surface area contributed by atoms with Gasteiger partial charge < -0.3 is 10.6 Å². The van der Waals surface area contributed by atoms with Gasteiger partial charge in [-0.25, -0.2) is 8.42 Å². The first kappa shape index (κ1) is 19.6. The van der Waals surface area contributed by atoms with Crippen LogP contribution in [0.1, 0.15) is 12.5 Å². The molecule has 0 saturated heterocycles. The second kappa shape index (κ2) is 8.59. The Labute approximate surface area is 153 Å². The minimum absolute atomic E-state index is 0.110. The van der Waals surface area contributed by atoms with Crippen LogP contribution in [0.4, 0.5) is 11.4 Å². The van der Waals surface area contributed by atoms with Crippen LogP contribution in [0.2, 0.25) is 0 Å². The van der Waals surface area contributed by atoms with Gasteiger partial charge in [0.05, 0.1) is 12.8 Å². The Kier molecular flexibility index (Phi) is 6.48. The number of hydrogen-bond acceptors (Lipinski definition) is 4. The Morgan fingerprint density at radius 2 is 1.58 bits per heavy atom. The predicted molar refractivity (Wildman–Crippen MR) is 101 cm³/mol. The molecule has 0 atom stereocenters. The van der Waals surface area contributed by atoms with E-state index in [0.29, 0.717) is 11.4 Å². The van der Waals surface area contributed by atoms with Gasteiger partial charge in [0.1, 0.15) is 0 Å². The quantitative estimate of drug-likeness (QED) is 0.774. The van der Waals surface area contributed by atoms with E-state index in [9.17, 15) is 18.0 Å². The molecule has 0 bridgehead atoms. The first-order valence-corrected chi connectivity index (χ1v) is 9.75. The van der Waals surface area contributed by atoms with E-state index in [2.05, 4.69) is 10.6 Å². The van der Waals surface area contributed by atoms with Crippen molar-refractivity contribution >= 4 is 33.2 Å². The van der Waals surface area contributed by atoms with Crippen molar-refractivity contribution in [3.05, 3.63) is 60.2 Å². The van der Waals surface area contributed by atoms with E-state index in [1.807, 2.05) is 18.2 Å². The number of anilines is 2. The number of benzene rings is 2. The Morgan fingerprint density at radius 3 is 2.15 bits per heavy atom. The highest BCUT2D eigenvalue weighted by Gasteiger charge is 2.20. The fourth-order valence-electron chi connectivity index (χ4n) is 2.32. The van der Waals surface area contributed by atoms with Gasteiger partial charge in [-0.15, -0.1) is 0 Å². The number of nitrogens with one attached hydrogen (secondary N) is 2. The van der Waals surface area contributed by atoms with Gasteiger partial charge in [0.15, 0.2) is 0 Å². The van der Waals surface area contributed by atoms with Gasteiger partial charge in [-0.05, 0) is 23.8 Å². The molecule has 2 N–H and O–H groups in total. The van der Waals surface area contributed by atoms with E-state index in [4.69, 9.17) is 0 Å². The van der Waals surface area contributed by atoms with Crippen LogP contribution in [0.3, 0.4) is 0 Å². The van der Waals surface area contributed by atoms with Crippen LogP contribution in [0.15, 0.2) is 54.6 Å². The smallest absolute Gasteiger partial charge is 0.239 e. The summed E-state index contributed by atoms with van der Waals surface area (Å²) >= 11 is 0. The average Bonchev–Trinajstić information content (AvgIpc) is 2.54. The van der Waals surface area contributed by atoms with E-state index in [1.54, 1.807) is 36.4 Å². The summed E-state index contributed by atoms with van der Waals surface area (Å²) in [5, 5.41) is 5.27. The third-order valence-electron chi connectivity index (χ3n) is 3.46. The highest BCUT2D eigenvalue weighted by atomic mass is 32.2. The molecular weight excluding hydrogens is 354 g/mol. The van der Waals surface area contributed by atoms with Crippen LogP contribution in [0.25, 0.3) is 0 Å². The van der Waals surface area contributed by atoms with Crippen molar-refractivity contribution in [1.82, 2.24) is 4.31 Å². The van der Waals surface area contributed by atoms with Crippen molar-refractivity contribution in [2.75, 3.05) is 23.4 Å². The summed E-state index contributed by atoms with van der Waals surface area (Å²) in [5.74, 6) is -0.689. The van der Waals surface area contributed by atoms with Crippen LogP contribution in [-0.4, -0.2) is 37.3 Å². The van der Waals surface area contributed by atoms with Gasteiger partial charge in [0.25, 0.3) is 0 Å². The molecule has 0 aliphatic carbocycles. The molecule has 2 aromatic carbocycles.